The lowest BCUT2D eigenvalue weighted by atomic mass is 10.2. The van der Waals surface area contributed by atoms with Crippen molar-refractivity contribution in [3.63, 3.8) is 0 Å². The topological polar surface area (TPSA) is 110 Å². The van der Waals surface area contributed by atoms with Gasteiger partial charge < -0.3 is 20.1 Å². The number of esters is 1. The lowest BCUT2D eigenvalue weighted by Crippen LogP contribution is -2.31. The molecule has 0 saturated carbocycles. The van der Waals surface area contributed by atoms with Crippen molar-refractivity contribution in [3.05, 3.63) is 47.9 Å². The predicted octanol–water partition coefficient (Wildman–Crippen LogP) is 0.0799. The second-order valence-corrected chi connectivity index (χ2v) is 5.45. The van der Waals surface area contributed by atoms with E-state index in [4.69, 9.17) is 9.84 Å². The van der Waals surface area contributed by atoms with Crippen LogP contribution in [0.1, 0.15) is 0 Å². The van der Waals surface area contributed by atoms with Crippen LogP contribution in [0.3, 0.4) is 0 Å². The van der Waals surface area contributed by atoms with E-state index in [9.17, 15) is 14.0 Å². The minimum Gasteiger partial charge on any atom is -0.466 e. The van der Waals surface area contributed by atoms with E-state index >= 15 is 0 Å². The third-order valence-corrected chi connectivity index (χ3v) is 3.88. The monoisotopic (exact) mass is 361 g/mol. The molecule has 0 fully saturated rings. The van der Waals surface area contributed by atoms with Crippen molar-refractivity contribution >= 4 is 17.6 Å². The molecule has 1 aromatic carbocycles. The summed E-state index contributed by atoms with van der Waals surface area (Å²) in [6.45, 7) is -0.236. The summed E-state index contributed by atoms with van der Waals surface area (Å²) in [6.07, 6.45) is 2.89. The fourth-order valence-electron chi connectivity index (χ4n) is 2.59. The molecule has 0 atom stereocenters. The van der Waals surface area contributed by atoms with Crippen LogP contribution in [0.2, 0.25) is 0 Å². The Labute approximate surface area is 147 Å². The molecule has 3 rings (SSSR count). The summed E-state index contributed by atoms with van der Waals surface area (Å²) in [5.41, 5.74) is 0.564. The molecule has 1 amide bonds. The van der Waals surface area contributed by atoms with E-state index in [1.54, 1.807) is 4.57 Å². The van der Waals surface area contributed by atoms with Gasteiger partial charge in [0.15, 0.2) is 0 Å². The molecule has 2 N–H and O–H groups in total. The molecule has 0 aliphatic carbocycles. The highest BCUT2D eigenvalue weighted by Crippen LogP contribution is 2.25. The number of aliphatic hydroxyl groups is 1. The van der Waals surface area contributed by atoms with E-state index in [1.807, 2.05) is 0 Å². The van der Waals surface area contributed by atoms with Crippen LogP contribution in [-0.2, 0) is 14.3 Å². The highest BCUT2D eigenvalue weighted by molar-refractivity contribution is 6.08. The summed E-state index contributed by atoms with van der Waals surface area (Å²) in [7, 11) is 1.19. The minimum atomic E-state index is -0.698. The Morgan fingerprint density at radius 2 is 2.12 bits per heavy atom. The van der Waals surface area contributed by atoms with Crippen LogP contribution in [0.4, 0.5) is 10.1 Å². The fraction of sp³-hybridized carbons (Fsp3) is 0.250. The van der Waals surface area contributed by atoms with Gasteiger partial charge in [-0.25, -0.2) is 9.18 Å². The Morgan fingerprint density at radius 1 is 1.38 bits per heavy atom. The second-order valence-electron chi connectivity index (χ2n) is 5.45. The first-order valence-electron chi connectivity index (χ1n) is 7.68. The van der Waals surface area contributed by atoms with Gasteiger partial charge in [-0.2, -0.15) is 0 Å². The number of nitrogens with one attached hydrogen (secondary N) is 1. The van der Waals surface area contributed by atoms with E-state index in [-0.39, 0.29) is 36.7 Å². The van der Waals surface area contributed by atoms with Crippen LogP contribution in [-0.4, -0.2) is 63.5 Å². The summed E-state index contributed by atoms with van der Waals surface area (Å²) in [4.78, 5) is 25.7. The van der Waals surface area contributed by atoms with E-state index in [1.165, 1.54) is 42.9 Å². The first-order valence-corrected chi connectivity index (χ1v) is 7.68. The average molecular weight is 361 g/mol. The Kier molecular flexibility index (Phi) is 4.94. The van der Waals surface area contributed by atoms with Crippen LogP contribution < -0.4 is 5.32 Å². The molecule has 1 aromatic heterocycles. The molecule has 0 bridgehead atoms. The number of carbonyl (C=O) groups excluding carboxylic acids is 2. The Hall–Kier alpha value is -3.27. The number of carbonyl (C=O) groups is 2. The maximum absolute atomic E-state index is 14.2. The van der Waals surface area contributed by atoms with E-state index < -0.39 is 17.7 Å². The summed E-state index contributed by atoms with van der Waals surface area (Å²) in [5, 5.41) is 19.1. The predicted molar refractivity (Wildman–Crippen MR) is 87.6 cm³/mol. The summed E-state index contributed by atoms with van der Waals surface area (Å²) in [6, 6.07) is 4.21. The molecule has 0 saturated heterocycles. The van der Waals surface area contributed by atoms with Gasteiger partial charge in [0.2, 0.25) is 0 Å². The molecule has 1 aliphatic heterocycles. The summed E-state index contributed by atoms with van der Waals surface area (Å²) >= 11 is 0. The fourth-order valence-corrected chi connectivity index (χ4v) is 2.59. The van der Waals surface area contributed by atoms with Gasteiger partial charge in [-0.1, -0.05) is 0 Å². The second kappa shape index (κ2) is 7.31. The summed E-state index contributed by atoms with van der Waals surface area (Å²) in [5.74, 6) is -1.82. The Bertz CT molecular complexity index is 866. The van der Waals surface area contributed by atoms with Crippen molar-refractivity contribution in [1.29, 1.82) is 0 Å². The number of benzene rings is 1. The van der Waals surface area contributed by atoms with Crippen molar-refractivity contribution in [3.8, 4) is 5.69 Å². The number of β-amino-alcohol motifs (C(OH)–C–C–N with tert-alkyl or cyclic N) is 1. The third kappa shape index (κ3) is 3.26. The smallest absolute Gasteiger partial charge is 0.337 e. The van der Waals surface area contributed by atoms with Gasteiger partial charge in [-0.3, -0.25) is 9.36 Å². The zero-order valence-corrected chi connectivity index (χ0v) is 13.8. The van der Waals surface area contributed by atoms with Crippen LogP contribution >= 0.6 is 0 Å². The van der Waals surface area contributed by atoms with E-state index in [0.717, 1.165) is 0 Å². The zero-order chi connectivity index (χ0) is 18.7. The number of amides is 1. The van der Waals surface area contributed by atoms with Gasteiger partial charge in [0, 0.05) is 6.54 Å². The largest absolute Gasteiger partial charge is 0.466 e. The maximum atomic E-state index is 14.2. The van der Waals surface area contributed by atoms with Gasteiger partial charge in [-0.05, 0) is 18.2 Å². The van der Waals surface area contributed by atoms with Gasteiger partial charge in [-0.15, -0.1) is 10.2 Å². The number of aliphatic hydroxyl groups excluding tert-OH is 1. The highest BCUT2D eigenvalue weighted by Gasteiger charge is 2.34. The van der Waals surface area contributed by atoms with Gasteiger partial charge in [0.1, 0.15) is 24.2 Å². The van der Waals surface area contributed by atoms with Gasteiger partial charge in [0.05, 0.1) is 37.2 Å². The molecule has 26 heavy (non-hydrogen) atoms. The molecule has 0 spiro atoms. The Morgan fingerprint density at radius 3 is 2.77 bits per heavy atom. The van der Waals surface area contributed by atoms with Crippen LogP contribution in [0.15, 0.2) is 42.1 Å². The minimum absolute atomic E-state index is 0.00630. The van der Waals surface area contributed by atoms with Crippen LogP contribution in [0.5, 0.6) is 0 Å². The SMILES string of the molecule is COC(=O)C1=C(Nc2cc(-n3cnnc3)ccc2F)C(=O)N(CCO)C1. The van der Waals surface area contributed by atoms with E-state index in [0.29, 0.717) is 5.69 Å². The van der Waals surface area contributed by atoms with Gasteiger partial charge >= 0.3 is 5.97 Å². The number of methoxy groups -OCH3 is 1. The molecule has 9 nitrogen and oxygen atoms in total. The zero-order valence-electron chi connectivity index (χ0n) is 13.8. The number of halogens is 1. The van der Waals surface area contributed by atoms with Crippen molar-refractivity contribution < 1.29 is 23.8 Å². The first-order chi connectivity index (χ1) is 12.5. The van der Waals surface area contributed by atoms with E-state index in [2.05, 4.69) is 15.5 Å². The molecule has 0 radical (unpaired) electrons. The molecule has 136 valence electrons. The molecule has 10 heteroatoms. The molecule has 0 unspecified atom stereocenters. The van der Waals surface area contributed by atoms with Crippen molar-refractivity contribution in [2.45, 2.75) is 0 Å². The third-order valence-electron chi connectivity index (χ3n) is 3.88. The normalized spacial score (nSPS) is 14.1. The van der Waals surface area contributed by atoms with Crippen molar-refractivity contribution in [1.82, 2.24) is 19.7 Å². The van der Waals surface area contributed by atoms with Crippen molar-refractivity contribution in [2.24, 2.45) is 0 Å². The van der Waals surface area contributed by atoms with Crippen LogP contribution in [0, 0.1) is 5.82 Å². The first kappa shape index (κ1) is 17.5. The van der Waals surface area contributed by atoms with Crippen molar-refractivity contribution in [2.75, 3.05) is 32.1 Å². The molecular weight excluding hydrogens is 345 g/mol. The summed E-state index contributed by atoms with van der Waals surface area (Å²) < 4.78 is 20.5. The number of ether oxygens (including phenoxy) is 1. The maximum Gasteiger partial charge on any atom is 0.337 e. The molecule has 1 aliphatic rings. The number of rotatable bonds is 6. The van der Waals surface area contributed by atoms with Crippen LogP contribution in [0.25, 0.3) is 5.69 Å². The number of nitrogens with zero attached hydrogens (tertiary/aromatic N) is 4. The Balaban J connectivity index is 1.96. The molecule has 2 heterocycles. The quantitative estimate of drug-likeness (QED) is 0.701. The number of hydrogen-bond acceptors (Lipinski definition) is 7. The molecule has 2 aromatic rings. The molecular formula is C16H16FN5O4. The lowest BCUT2D eigenvalue weighted by Gasteiger charge is -2.15. The standard InChI is InChI=1S/C16H16FN5O4/c1-26-16(25)11-7-21(4-5-23)15(24)14(11)20-13-6-10(2-3-12(13)17)22-8-18-19-9-22/h2-3,6,8-9,20,23H,4-5,7H2,1H3. The lowest BCUT2D eigenvalue weighted by molar-refractivity contribution is -0.136. The number of anilines is 1. The number of aromatic nitrogens is 3. The highest BCUT2D eigenvalue weighted by atomic mass is 19.1. The average Bonchev–Trinajstić information content (AvgIpc) is 3.27. The number of hydrogen-bond donors (Lipinski definition) is 2. The van der Waals surface area contributed by atoms with Gasteiger partial charge in [0.25, 0.3) is 5.91 Å².